The number of hydrogen-bond donors (Lipinski definition) is 4. The first-order chi connectivity index (χ1) is 20.2. The second-order valence-corrected chi connectivity index (χ2v) is 11.3. The fourth-order valence-electron chi connectivity index (χ4n) is 5.49. The Bertz CT molecular complexity index is 1440. The van der Waals surface area contributed by atoms with Crippen LogP contribution in [0, 0.1) is 17.8 Å². The molecule has 15 heteroatoms. The molecule has 3 saturated heterocycles. The third kappa shape index (κ3) is 5.57. The molecule has 3 aliphatic heterocycles. The molecule has 0 aromatic carbocycles. The molecule has 2 aromatic heterocycles. The maximum absolute atomic E-state index is 12.5. The third-order valence-electron chi connectivity index (χ3n) is 8.23. The molecule has 0 bridgehead atoms. The maximum atomic E-state index is 12.5. The van der Waals surface area contributed by atoms with Crippen molar-refractivity contribution >= 4 is 34.9 Å². The zero-order valence-electron chi connectivity index (χ0n) is 23.2. The summed E-state index contributed by atoms with van der Waals surface area (Å²) in [6, 6.07) is 0.0762. The molecule has 1 aliphatic carbocycles. The molecule has 3 amide bonds. The first-order valence-electron chi connectivity index (χ1n) is 14.2. The molecule has 15 nitrogen and oxygen atoms in total. The minimum absolute atomic E-state index is 0.0762. The van der Waals surface area contributed by atoms with Gasteiger partial charge < -0.3 is 40.5 Å². The molecule has 6 rings (SSSR count). The van der Waals surface area contributed by atoms with Gasteiger partial charge in [-0.3, -0.25) is 14.2 Å². The lowest BCUT2D eigenvalue weighted by molar-refractivity contribution is -0.137. The van der Waals surface area contributed by atoms with Gasteiger partial charge in [0.25, 0.3) is 11.8 Å². The second-order valence-electron chi connectivity index (χ2n) is 11.3. The van der Waals surface area contributed by atoms with Crippen LogP contribution in [-0.2, 0) is 19.1 Å². The van der Waals surface area contributed by atoms with Gasteiger partial charge in [-0.05, 0) is 37.5 Å². The molecule has 0 radical (unpaired) electrons. The lowest BCUT2D eigenvalue weighted by atomic mass is 9.94. The minimum Gasteiger partial charge on any atom is -0.436 e. The lowest BCUT2D eigenvalue weighted by Gasteiger charge is -2.31. The number of nitrogens with one attached hydrogen (secondary N) is 1. The topological polar surface area (TPSA) is 198 Å². The number of nitrogens with zero attached hydrogens (tertiary/aromatic N) is 6. The van der Waals surface area contributed by atoms with Gasteiger partial charge in [-0.2, -0.15) is 0 Å². The number of nitrogens with two attached hydrogens (primary N) is 1. The van der Waals surface area contributed by atoms with Crippen LogP contribution >= 0.6 is 0 Å². The quantitative estimate of drug-likeness (QED) is 0.320. The van der Waals surface area contributed by atoms with E-state index in [-0.39, 0.29) is 40.7 Å². The van der Waals surface area contributed by atoms with Gasteiger partial charge in [0.2, 0.25) is 5.82 Å². The molecule has 5 atom stereocenters. The fraction of sp³-hybridized carbons (Fsp3) is 0.630. The molecule has 5 N–H and O–H groups in total. The Labute approximate surface area is 241 Å². The van der Waals surface area contributed by atoms with Gasteiger partial charge in [-0.1, -0.05) is 5.92 Å². The summed E-state index contributed by atoms with van der Waals surface area (Å²) in [5, 5.41) is 23.9. The van der Waals surface area contributed by atoms with Crippen molar-refractivity contribution in [1.29, 1.82) is 0 Å². The van der Waals surface area contributed by atoms with E-state index in [9.17, 15) is 24.6 Å². The highest BCUT2D eigenvalue weighted by atomic mass is 16.6. The van der Waals surface area contributed by atoms with Crippen molar-refractivity contribution in [2.75, 3.05) is 32.4 Å². The number of imidazole rings is 1. The van der Waals surface area contributed by atoms with E-state index in [2.05, 4.69) is 32.1 Å². The lowest BCUT2D eigenvalue weighted by Crippen LogP contribution is -2.43. The van der Waals surface area contributed by atoms with Gasteiger partial charge >= 0.3 is 6.09 Å². The zero-order valence-corrected chi connectivity index (χ0v) is 23.2. The molecule has 224 valence electrons. The van der Waals surface area contributed by atoms with Crippen LogP contribution in [0.4, 0.5) is 10.6 Å². The fourth-order valence-corrected chi connectivity index (χ4v) is 5.49. The number of fused-ring (bicyclic) bond motifs is 1. The summed E-state index contributed by atoms with van der Waals surface area (Å²) in [6.07, 6.45) is -0.645. The van der Waals surface area contributed by atoms with Gasteiger partial charge in [0.1, 0.15) is 17.7 Å². The number of aliphatic hydroxyl groups is 2. The van der Waals surface area contributed by atoms with Crippen molar-refractivity contribution in [3.63, 3.8) is 0 Å². The first-order valence-corrected chi connectivity index (χ1v) is 14.2. The number of aliphatic hydroxyl groups excluding tert-OH is 2. The highest BCUT2D eigenvalue weighted by Gasteiger charge is 2.48. The number of ether oxygens (including phenoxy) is 2. The molecule has 2 aromatic rings. The Morgan fingerprint density at radius 2 is 1.90 bits per heavy atom. The van der Waals surface area contributed by atoms with E-state index in [0.29, 0.717) is 32.5 Å². The van der Waals surface area contributed by atoms with E-state index in [1.807, 2.05) is 0 Å². The van der Waals surface area contributed by atoms with Gasteiger partial charge in [-0.15, -0.1) is 0 Å². The summed E-state index contributed by atoms with van der Waals surface area (Å²) in [5.41, 5.74) is 6.65. The van der Waals surface area contributed by atoms with Crippen LogP contribution in [0.2, 0.25) is 0 Å². The number of likely N-dealkylation sites (tertiary alicyclic amines) is 2. The average molecular weight is 583 g/mol. The van der Waals surface area contributed by atoms with Gasteiger partial charge in [0, 0.05) is 45.6 Å². The van der Waals surface area contributed by atoms with Crippen molar-refractivity contribution in [3.8, 4) is 11.8 Å². The molecular weight excluding hydrogens is 548 g/mol. The number of likely N-dealkylation sites (N-methyl/N-ethyl adjacent to an activating group) is 1. The van der Waals surface area contributed by atoms with Crippen molar-refractivity contribution in [2.45, 2.75) is 75.2 Å². The summed E-state index contributed by atoms with van der Waals surface area (Å²) in [4.78, 5) is 53.1. The molecule has 0 spiro atoms. The molecule has 1 saturated carbocycles. The van der Waals surface area contributed by atoms with Crippen molar-refractivity contribution in [2.24, 2.45) is 5.92 Å². The molecule has 4 fully saturated rings. The minimum atomic E-state index is -1.43. The normalized spacial score (nSPS) is 28.2. The number of carbonyl (C=O) groups is 3. The van der Waals surface area contributed by atoms with Crippen LogP contribution in [-0.4, -0.2) is 115 Å². The van der Waals surface area contributed by atoms with Crippen LogP contribution in [0.3, 0.4) is 0 Å². The van der Waals surface area contributed by atoms with Crippen LogP contribution in [0.5, 0.6) is 0 Å². The van der Waals surface area contributed by atoms with Gasteiger partial charge in [-0.25, -0.2) is 19.7 Å². The van der Waals surface area contributed by atoms with Crippen LogP contribution in [0.25, 0.3) is 11.2 Å². The number of aromatic nitrogens is 4. The first kappa shape index (κ1) is 28.1. The second kappa shape index (κ2) is 11.3. The van der Waals surface area contributed by atoms with E-state index in [1.54, 1.807) is 16.8 Å². The Hall–Kier alpha value is -4.00. The van der Waals surface area contributed by atoms with E-state index in [0.717, 1.165) is 25.7 Å². The summed E-state index contributed by atoms with van der Waals surface area (Å²) in [5.74, 6) is 5.91. The van der Waals surface area contributed by atoms with Gasteiger partial charge in [0.15, 0.2) is 29.9 Å². The SMILES string of the molecule is CN1CCC(OC(=O)N2CCC(CC#Cc3nc(N)c4ncn(C5OC(C(=O)NC6CC6)C(O)C5O)c4n3)CC2)C1=O. The predicted molar refractivity (Wildman–Crippen MR) is 145 cm³/mol. The average Bonchev–Trinajstić information content (AvgIpc) is 3.50. The largest absolute Gasteiger partial charge is 0.436 e. The standard InChI is InChI=1S/C27H34N8O7/c1-33-10-9-16(25(33)39)41-27(40)34-11-7-14(8-12-34)3-2-4-17-31-22(28)18-23(32-17)35(13-29-18)26-20(37)19(36)21(42-26)24(38)30-15-5-6-15/h13-16,19-21,26,36-37H,3,5-12H2,1H3,(H,30,38)(H2,28,31,32). The molecular formula is C27H34N8O7. The maximum Gasteiger partial charge on any atom is 0.410 e. The van der Waals surface area contributed by atoms with Crippen molar-refractivity contribution in [3.05, 3.63) is 12.2 Å². The number of amides is 3. The number of anilines is 1. The monoisotopic (exact) mass is 582 g/mol. The van der Waals surface area contributed by atoms with E-state index >= 15 is 0 Å². The highest BCUT2D eigenvalue weighted by Crippen LogP contribution is 2.33. The van der Waals surface area contributed by atoms with Crippen LogP contribution < -0.4 is 11.1 Å². The summed E-state index contributed by atoms with van der Waals surface area (Å²) in [6.45, 7) is 1.62. The van der Waals surface area contributed by atoms with Crippen molar-refractivity contribution < 1.29 is 34.1 Å². The number of piperidine rings is 1. The van der Waals surface area contributed by atoms with Crippen LogP contribution in [0.1, 0.15) is 50.6 Å². The Morgan fingerprint density at radius 1 is 1.14 bits per heavy atom. The molecule has 42 heavy (non-hydrogen) atoms. The zero-order chi connectivity index (χ0) is 29.5. The summed E-state index contributed by atoms with van der Waals surface area (Å²) >= 11 is 0. The van der Waals surface area contributed by atoms with Crippen LogP contribution in [0.15, 0.2) is 6.33 Å². The highest BCUT2D eigenvalue weighted by molar-refractivity contribution is 5.85. The molecule has 5 heterocycles. The van der Waals surface area contributed by atoms with E-state index in [1.165, 1.54) is 10.9 Å². The van der Waals surface area contributed by atoms with Crippen molar-refractivity contribution in [1.82, 2.24) is 34.6 Å². The Morgan fingerprint density at radius 3 is 2.60 bits per heavy atom. The summed E-state index contributed by atoms with van der Waals surface area (Å²) in [7, 11) is 1.70. The number of nitrogen functional groups attached to an aromatic ring is 1. The molecule has 4 aliphatic rings. The van der Waals surface area contributed by atoms with Gasteiger partial charge in [0.05, 0.1) is 6.33 Å². The smallest absolute Gasteiger partial charge is 0.410 e. The Kier molecular flexibility index (Phi) is 7.60. The molecule has 5 unspecified atom stereocenters. The number of rotatable bonds is 5. The number of carbonyl (C=O) groups excluding carboxylic acids is 3. The predicted octanol–water partition coefficient (Wildman–Crippen LogP) is -0.873. The number of hydrogen-bond acceptors (Lipinski definition) is 11. The summed E-state index contributed by atoms with van der Waals surface area (Å²) < 4.78 is 12.6. The van der Waals surface area contributed by atoms with E-state index in [4.69, 9.17) is 15.2 Å². The third-order valence-corrected chi connectivity index (χ3v) is 8.23. The Balaban J connectivity index is 1.07. The van der Waals surface area contributed by atoms with E-state index < -0.39 is 42.6 Å².